The molecule has 1 aliphatic rings. The number of aromatic carboxylic acids is 2. The highest BCUT2D eigenvalue weighted by Gasteiger charge is 2.25. The van der Waals surface area contributed by atoms with Gasteiger partial charge in [0.2, 0.25) is 0 Å². The van der Waals surface area contributed by atoms with Crippen LogP contribution in [0.3, 0.4) is 0 Å². The molecule has 2 N–H and O–H groups in total. The molecule has 16 heavy (non-hydrogen) atoms. The Bertz CT molecular complexity index is 446. The largest absolute Gasteiger partial charge is 0.478 e. The molecule has 1 saturated carbocycles. The van der Waals surface area contributed by atoms with Crippen LogP contribution >= 0.6 is 0 Å². The molecule has 0 aliphatic heterocycles. The summed E-state index contributed by atoms with van der Waals surface area (Å²) in [7, 11) is 0. The molecular weight excluding hydrogens is 208 g/mol. The smallest absolute Gasteiger partial charge is 0.335 e. The fourth-order valence-corrected chi connectivity index (χ4v) is 1.95. The van der Waals surface area contributed by atoms with E-state index in [1.807, 2.05) is 0 Å². The van der Waals surface area contributed by atoms with Crippen LogP contribution in [-0.2, 0) is 0 Å². The van der Waals surface area contributed by atoms with Gasteiger partial charge in [0.05, 0.1) is 11.1 Å². The standard InChI is InChI=1S/C12H12O4/c13-11(14)8-4-5-9(12(15)16)10(6-8)7-2-1-3-7/h4-7H,1-3H2,(H,13,14)(H,15,16). The van der Waals surface area contributed by atoms with Crippen molar-refractivity contribution in [2.45, 2.75) is 25.2 Å². The average molecular weight is 220 g/mol. The van der Waals surface area contributed by atoms with Crippen LogP contribution in [0, 0.1) is 0 Å². The van der Waals surface area contributed by atoms with Gasteiger partial charge in [0.15, 0.2) is 0 Å². The van der Waals surface area contributed by atoms with Crippen LogP contribution in [0.2, 0.25) is 0 Å². The summed E-state index contributed by atoms with van der Waals surface area (Å²) in [5.41, 5.74) is 1.06. The molecule has 0 bridgehead atoms. The van der Waals surface area contributed by atoms with Crippen molar-refractivity contribution in [3.05, 3.63) is 34.9 Å². The van der Waals surface area contributed by atoms with Gasteiger partial charge in [-0.15, -0.1) is 0 Å². The quantitative estimate of drug-likeness (QED) is 0.819. The van der Waals surface area contributed by atoms with Crippen LogP contribution < -0.4 is 0 Å². The third-order valence-corrected chi connectivity index (χ3v) is 3.07. The highest BCUT2D eigenvalue weighted by Crippen LogP contribution is 2.38. The lowest BCUT2D eigenvalue weighted by Crippen LogP contribution is -2.15. The maximum Gasteiger partial charge on any atom is 0.335 e. The second-order valence-corrected chi connectivity index (χ2v) is 4.04. The number of rotatable bonds is 3. The SMILES string of the molecule is O=C(O)c1ccc(C(=O)O)c(C2CCC2)c1. The third-order valence-electron chi connectivity index (χ3n) is 3.07. The molecule has 0 saturated heterocycles. The third kappa shape index (κ3) is 1.78. The zero-order chi connectivity index (χ0) is 11.7. The molecule has 4 nitrogen and oxygen atoms in total. The molecule has 1 aromatic carbocycles. The number of hydrogen-bond donors (Lipinski definition) is 2. The minimum atomic E-state index is -1.02. The van der Waals surface area contributed by atoms with Gasteiger partial charge >= 0.3 is 11.9 Å². The van der Waals surface area contributed by atoms with Crippen molar-refractivity contribution in [3.63, 3.8) is 0 Å². The Morgan fingerprint density at radius 3 is 2.25 bits per heavy atom. The van der Waals surface area contributed by atoms with E-state index in [9.17, 15) is 9.59 Å². The van der Waals surface area contributed by atoms with Crippen molar-refractivity contribution >= 4 is 11.9 Å². The monoisotopic (exact) mass is 220 g/mol. The van der Waals surface area contributed by atoms with E-state index in [0.29, 0.717) is 5.56 Å². The van der Waals surface area contributed by atoms with Crippen LogP contribution in [0.25, 0.3) is 0 Å². The topological polar surface area (TPSA) is 74.6 Å². The molecule has 4 heteroatoms. The van der Waals surface area contributed by atoms with E-state index < -0.39 is 11.9 Å². The summed E-state index contributed by atoms with van der Waals surface area (Å²) in [6.45, 7) is 0. The highest BCUT2D eigenvalue weighted by molar-refractivity contribution is 5.93. The van der Waals surface area contributed by atoms with E-state index in [0.717, 1.165) is 19.3 Å². The predicted octanol–water partition coefficient (Wildman–Crippen LogP) is 2.35. The van der Waals surface area contributed by atoms with Gasteiger partial charge in [0.25, 0.3) is 0 Å². The first kappa shape index (κ1) is 10.7. The normalized spacial score (nSPS) is 15.5. The van der Waals surface area contributed by atoms with Crippen molar-refractivity contribution in [1.29, 1.82) is 0 Å². The summed E-state index contributed by atoms with van der Waals surface area (Å²) in [5, 5.41) is 17.9. The fourth-order valence-electron chi connectivity index (χ4n) is 1.95. The van der Waals surface area contributed by atoms with Gasteiger partial charge in [0, 0.05) is 0 Å². The van der Waals surface area contributed by atoms with Gasteiger partial charge < -0.3 is 10.2 Å². The molecule has 0 amide bonds. The summed E-state index contributed by atoms with van der Waals surface area (Å²) in [4.78, 5) is 21.8. The van der Waals surface area contributed by atoms with Gasteiger partial charge in [-0.05, 0) is 42.5 Å². The Morgan fingerprint density at radius 1 is 1.12 bits per heavy atom. The van der Waals surface area contributed by atoms with Crippen LogP contribution in [0.5, 0.6) is 0 Å². The highest BCUT2D eigenvalue weighted by atomic mass is 16.4. The number of hydrogen-bond acceptors (Lipinski definition) is 2. The molecule has 2 rings (SSSR count). The van der Waals surface area contributed by atoms with Crippen LogP contribution in [0.15, 0.2) is 18.2 Å². The maximum absolute atomic E-state index is 11.0. The lowest BCUT2D eigenvalue weighted by Gasteiger charge is -2.27. The van der Waals surface area contributed by atoms with E-state index in [4.69, 9.17) is 10.2 Å². The first-order valence-corrected chi connectivity index (χ1v) is 5.20. The Morgan fingerprint density at radius 2 is 1.81 bits per heavy atom. The summed E-state index contributed by atoms with van der Waals surface area (Å²) >= 11 is 0. The summed E-state index contributed by atoms with van der Waals surface area (Å²) in [5.74, 6) is -1.79. The van der Waals surface area contributed by atoms with E-state index in [-0.39, 0.29) is 17.0 Å². The Kier molecular flexibility index (Phi) is 2.64. The van der Waals surface area contributed by atoms with Crippen molar-refractivity contribution in [3.8, 4) is 0 Å². The Labute approximate surface area is 92.5 Å². The van der Waals surface area contributed by atoms with Crippen molar-refractivity contribution in [2.75, 3.05) is 0 Å². The molecule has 0 radical (unpaired) electrons. The molecule has 0 unspecified atom stereocenters. The van der Waals surface area contributed by atoms with Gasteiger partial charge in [-0.25, -0.2) is 9.59 Å². The molecule has 0 atom stereocenters. The second-order valence-electron chi connectivity index (χ2n) is 4.04. The van der Waals surface area contributed by atoms with Crippen LogP contribution in [-0.4, -0.2) is 22.2 Å². The summed E-state index contributed by atoms with van der Waals surface area (Å²) in [6, 6.07) is 4.23. The zero-order valence-corrected chi connectivity index (χ0v) is 8.64. The molecule has 0 heterocycles. The zero-order valence-electron chi connectivity index (χ0n) is 8.64. The molecule has 84 valence electrons. The predicted molar refractivity (Wildman–Crippen MR) is 57.0 cm³/mol. The van der Waals surface area contributed by atoms with Gasteiger partial charge in [-0.3, -0.25) is 0 Å². The minimum Gasteiger partial charge on any atom is -0.478 e. The minimum absolute atomic E-state index is 0.159. The van der Waals surface area contributed by atoms with E-state index in [1.54, 1.807) is 0 Å². The lowest BCUT2D eigenvalue weighted by molar-refractivity contribution is 0.0679. The van der Waals surface area contributed by atoms with Gasteiger partial charge in [-0.1, -0.05) is 6.42 Å². The van der Waals surface area contributed by atoms with E-state index in [1.165, 1.54) is 18.2 Å². The van der Waals surface area contributed by atoms with Crippen molar-refractivity contribution in [1.82, 2.24) is 0 Å². The first-order valence-electron chi connectivity index (χ1n) is 5.20. The molecule has 0 aromatic heterocycles. The molecule has 1 aromatic rings. The second kappa shape index (κ2) is 3.96. The van der Waals surface area contributed by atoms with Crippen molar-refractivity contribution in [2.24, 2.45) is 0 Å². The van der Waals surface area contributed by atoms with Crippen LogP contribution in [0.4, 0.5) is 0 Å². The number of carbonyl (C=O) groups is 2. The average Bonchev–Trinajstić information content (AvgIpc) is 2.14. The molecule has 1 aliphatic carbocycles. The van der Waals surface area contributed by atoms with Gasteiger partial charge in [-0.2, -0.15) is 0 Å². The molecule has 0 spiro atoms. The summed E-state index contributed by atoms with van der Waals surface area (Å²) in [6.07, 6.45) is 2.98. The molecular formula is C12H12O4. The molecule has 1 fully saturated rings. The Balaban J connectivity index is 2.46. The van der Waals surface area contributed by atoms with Crippen LogP contribution in [0.1, 0.15) is 51.5 Å². The lowest BCUT2D eigenvalue weighted by atomic mass is 9.77. The van der Waals surface area contributed by atoms with Crippen molar-refractivity contribution < 1.29 is 19.8 Å². The summed E-state index contributed by atoms with van der Waals surface area (Å²) < 4.78 is 0. The number of benzene rings is 1. The number of carboxylic acid groups (broad SMARTS) is 2. The van der Waals surface area contributed by atoms with Gasteiger partial charge in [0.1, 0.15) is 0 Å². The van der Waals surface area contributed by atoms with E-state index >= 15 is 0 Å². The number of carboxylic acids is 2. The maximum atomic E-state index is 11.0. The fraction of sp³-hybridized carbons (Fsp3) is 0.333. The first-order chi connectivity index (χ1) is 7.59. The Hall–Kier alpha value is -1.84. The van der Waals surface area contributed by atoms with E-state index in [2.05, 4.69) is 0 Å².